The highest BCUT2D eigenvalue weighted by Gasteiger charge is 2.18. The summed E-state index contributed by atoms with van der Waals surface area (Å²) in [6.45, 7) is 1.56. The molecule has 0 radical (unpaired) electrons. The van der Waals surface area contributed by atoms with Gasteiger partial charge in [0.1, 0.15) is 6.04 Å². The predicted octanol–water partition coefficient (Wildman–Crippen LogP) is 0.743. The van der Waals surface area contributed by atoms with Crippen LogP contribution in [-0.2, 0) is 4.74 Å². The highest BCUT2D eigenvalue weighted by molar-refractivity contribution is 5.11. The van der Waals surface area contributed by atoms with Gasteiger partial charge in [0, 0.05) is 13.2 Å². The van der Waals surface area contributed by atoms with Gasteiger partial charge in [0.15, 0.2) is 0 Å². The van der Waals surface area contributed by atoms with Gasteiger partial charge in [-0.1, -0.05) is 0 Å². The zero-order chi connectivity index (χ0) is 10.5. The maximum atomic E-state index is 8.97. The van der Waals surface area contributed by atoms with E-state index < -0.39 is 0 Å². The number of nitrogens with one attached hydrogen (secondary N) is 2. The topological polar surface area (TPSA) is 73.7 Å². The quantitative estimate of drug-likeness (QED) is 0.762. The van der Waals surface area contributed by atoms with E-state index in [0.29, 0.717) is 0 Å². The van der Waals surface area contributed by atoms with E-state index in [2.05, 4.69) is 21.4 Å². The summed E-state index contributed by atoms with van der Waals surface area (Å²) >= 11 is 0. The Balaban J connectivity index is 1.84. The molecular formula is C10H14N4O. The third-order valence-electron chi connectivity index (χ3n) is 2.53. The Bertz CT molecular complexity index is 324. The van der Waals surface area contributed by atoms with E-state index in [1.807, 2.05) is 0 Å². The van der Waals surface area contributed by atoms with Crippen LogP contribution in [0.3, 0.4) is 0 Å². The van der Waals surface area contributed by atoms with Crippen molar-refractivity contribution in [3.05, 3.63) is 18.2 Å². The summed E-state index contributed by atoms with van der Waals surface area (Å²) in [5.74, 6) is 0. The lowest BCUT2D eigenvalue weighted by molar-refractivity contribution is 0.109. The van der Waals surface area contributed by atoms with Crippen LogP contribution in [0.25, 0.3) is 0 Å². The fraction of sp³-hybridized carbons (Fsp3) is 0.600. The van der Waals surface area contributed by atoms with Gasteiger partial charge in [0.05, 0.1) is 30.4 Å². The van der Waals surface area contributed by atoms with Gasteiger partial charge >= 0.3 is 0 Å². The maximum Gasteiger partial charge on any atom is 0.137 e. The summed E-state index contributed by atoms with van der Waals surface area (Å²) in [4.78, 5) is 6.82. The second-order valence-corrected chi connectivity index (χ2v) is 3.61. The molecule has 80 valence electrons. The van der Waals surface area contributed by atoms with Crippen LogP contribution in [-0.4, -0.2) is 29.2 Å². The van der Waals surface area contributed by atoms with Gasteiger partial charge < -0.3 is 9.72 Å². The van der Waals surface area contributed by atoms with E-state index in [-0.39, 0.29) is 12.1 Å². The smallest absolute Gasteiger partial charge is 0.137 e. The number of nitrogens with zero attached hydrogens (tertiary/aromatic N) is 2. The van der Waals surface area contributed by atoms with Crippen LogP contribution < -0.4 is 5.32 Å². The molecule has 0 amide bonds. The Morgan fingerprint density at radius 2 is 2.73 bits per heavy atom. The first kappa shape index (κ1) is 10.1. The molecule has 1 saturated heterocycles. The van der Waals surface area contributed by atoms with Crippen molar-refractivity contribution in [2.24, 2.45) is 0 Å². The Morgan fingerprint density at radius 1 is 1.80 bits per heavy atom. The van der Waals surface area contributed by atoms with E-state index in [1.54, 1.807) is 12.5 Å². The fourth-order valence-corrected chi connectivity index (χ4v) is 1.70. The summed E-state index contributed by atoms with van der Waals surface area (Å²) in [5.41, 5.74) is 0.801. The molecule has 0 aromatic carbocycles. The number of H-pyrrole nitrogens is 1. The van der Waals surface area contributed by atoms with Crippen molar-refractivity contribution in [1.82, 2.24) is 15.3 Å². The first-order chi connectivity index (χ1) is 7.40. The van der Waals surface area contributed by atoms with Crippen LogP contribution >= 0.6 is 0 Å². The zero-order valence-electron chi connectivity index (χ0n) is 8.44. The summed E-state index contributed by atoms with van der Waals surface area (Å²) < 4.78 is 5.47. The maximum absolute atomic E-state index is 8.97. The molecular weight excluding hydrogens is 192 g/mol. The number of nitriles is 1. The van der Waals surface area contributed by atoms with E-state index >= 15 is 0 Å². The third kappa shape index (κ3) is 2.55. The van der Waals surface area contributed by atoms with Crippen molar-refractivity contribution in [2.45, 2.75) is 25.0 Å². The Labute approximate surface area is 88.5 Å². The summed E-state index contributed by atoms with van der Waals surface area (Å²) in [6.07, 6.45) is 5.69. The number of hydrogen-bond donors (Lipinski definition) is 2. The molecule has 2 unspecified atom stereocenters. The van der Waals surface area contributed by atoms with Crippen molar-refractivity contribution in [2.75, 3.05) is 13.2 Å². The van der Waals surface area contributed by atoms with E-state index in [9.17, 15) is 0 Å². The lowest BCUT2D eigenvalue weighted by Crippen LogP contribution is -2.29. The van der Waals surface area contributed by atoms with Gasteiger partial charge in [0.2, 0.25) is 0 Å². The molecule has 5 nitrogen and oxygen atoms in total. The molecule has 1 aliphatic rings. The predicted molar refractivity (Wildman–Crippen MR) is 53.9 cm³/mol. The lowest BCUT2D eigenvalue weighted by atomic mass is 10.2. The minimum atomic E-state index is -0.323. The first-order valence-electron chi connectivity index (χ1n) is 5.13. The SMILES string of the molecule is N#CC(NCC1CCCO1)c1cnc[nH]1. The molecule has 0 spiro atoms. The van der Waals surface area contributed by atoms with Crippen molar-refractivity contribution in [3.63, 3.8) is 0 Å². The number of rotatable bonds is 4. The highest BCUT2D eigenvalue weighted by Crippen LogP contribution is 2.13. The van der Waals surface area contributed by atoms with Gasteiger partial charge in [-0.05, 0) is 12.8 Å². The second-order valence-electron chi connectivity index (χ2n) is 3.61. The van der Waals surface area contributed by atoms with Gasteiger partial charge in [0.25, 0.3) is 0 Å². The molecule has 2 rings (SSSR count). The number of aromatic nitrogens is 2. The molecule has 2 heterocycles. The Hall–Kier alpha value is -1.38. The fourth-order valence-electron chi connectivity index (χ4n) is 1.70. The molecule has 1 aromatic heterocycles. The van der Waals surface area contributed by atoms with Crippen molar-refractivity contribution < 1.29 is 4.74 Å². The minimum absolute atomic E-state index is 0.253. The number of aromatic amines is 1. The number of ether oxygens (including phenoxy) is 1. The molecule has 2 atom stereocenters. The van der Waals surface area contributed by atoms with Gasteiger partial charge in [-0.2, -0.15) is 5.26 Å². The van der Waals surface area contributed by atoms with Crippen molar-refractivity contribution >= 4 is 0 Å². The lowest BCUT2D eigenvalue weighted by Gasteiger charge is -2.13. The van der Waals surface area contributed by atoms with E-state index in [4.69, 9.17) is 10.00 Å². The normalized spacial score (nSPS) is 22.5. The van der Waals surface area contributed by atoms with Crippen molar-refractivity contribution in [3.8, 4) is 6.07 Å². The number of imidazole rings is 1. The zero-order valence-corrected chi connectivity index (χ0v) is 8.44. The van der Waals surface area contributed by atoms with Crippen molar-refractivity contribution in [1.29, 1.82) is 5.26 Å². The molecule has 1 fully saturated rings. The minimum Gasteiger partial charge on any atom is -0.377 e. The highest BCUT2D eigenvalue weighted by atomic mass is 16.5. The largest absolute Gasteiger partial charge is 0.377 e. The Kier molecular flexibility index (Phi) is 3.33. The van der Waals surface area contributed by atoms with Crippen LogP contribution in [0.2, 0.25) is 0 Å². The average molecular weight is 206 g/mol. The van der Waals surface area contributed by atoms with Crippen LogP contribution in [0.15, 0.2) is 12.5 Å². The van der Waals surface area contributed by atoms with Crippen LogP contribution in [0.5, 0.6) is 0 Å². The van der Waals surface area contributed by atoms with Gasteiger partial charge in [-0.3, -0.25) is 5.32 Å². The molecule has 0 saturated carbocycles. The van der Waals surface area contributed by atoms with Gasteiger partial charge in [-0.15, -0.1) is 0 Å². The standard InChI is InChI=1S/C10H14N4O/c11-4-9(10-6-12-7-14-10)13-5-8-2-1-3-15-8/h6-9,13H,1-3,5H2,(H,12,14). The van der Waals surface area contributed by atoms with E-state index in [0.717, 1.165) is 31.7 Å². The van der Waals surface area contributed by atoms with E-state index in [1.165, 1.54) is 0 Å². The third-order valence-corrected chi connectivity index (χ3v) is 2.53. The summed E-state index contributed by atoms with van der Waals surface area (Å²) in [5, 5.41) is 12.1. The second kappa shape index (κ2) is 4.91. The molecule has 1 aliphatic heterocycles. The monoisotopic (exact) mass is 206 g/mol. The molecule has 15 heavy (non-hydrogen) atoms. The van der Waals surface area contributed by atoms with Crippen LogP contribution in [0.1, 0.15) is 24.6 Å². The molecule has 5 heteroatoms. The van der Waals surface area contributed by atoms with Crippen LogP contribution in [0, 0.1) is 11.3 Å². The summed E-state index contributed by atoms with van der Waals surface area (Å²) in [6, 6.07) is 1.87. The molecule has 2 N–H and O–H groups in total. The van der Waals surface area contributed by atoms with Crippen LogP contribution in [0.4, 0.5) is 0 Å². The molecule has 0 bridgehead atoms. The average Bonchev–Trinajstić information content (AvgIpc) is 2.90. The Morgan fingerprint density at radius 3 is 3.33 bits per heavy atom. The first-order valence-corrected chi connectivity index (χ1v) is 5.13. The van der Waals surface area contributed by atoms with Gasteiger partial charge in [-0.25, -0.2) is 4.98 Å². The molecule has 0 aliphatic carbocycles. The molecule has 1 aromatic rings. The number of hydrogen-bond acceptors (Lipinski definition) is 4. The summed E-state index contributed by atoms with van der Waals surface area (Å²) in [7, 11) is 0.